The minimum atomic E-state index is -4.71. The van der Waals surface area contributed by atoms with E-state index in [-0.39, 0.29) is 22.1 Å². The Bertz CT molecular complexity index is 1060. The molecule has 10 heteroatoms. The van der Waals surface area contributed by atoms with E-state index in [9.17, 15) is 26.0 Å². The first-order valence-electron chi connectivity index (χ1n) is 7.16. The zero-order chi connectivity index (χ0) is 19.1. The average molecular weight is 385 g/mol. The van der Waals surface area contributed by atoms with E-state index in [2.05, 4.69) is 9.97 Å². The Balaban J connectivity index is 2.18. The molecule has 3 rings (SSSR count). The topological polar surface area (TPSA) is 64.8 Å². The standard InChI is InChI=1S/C16H11F4N3O2S/c1-26(24,25)11-7-5-10(6-8-11)23-9-13(16(18,19)20)22-15(23)12-3-2-4-14(17)21-12/h2-9H,1H3. The van der Waals surface area contributed by atoms with Gasteiger partial charge < -0.3 is 0 Å². The molecule has 0 saturated heterocycles. The molecular weight excluding hydrogens is 374 g/mol. The molecule has 2 aromatic heterocycles. The van der Waals surface area contributed by atoms with Crippen LogP contribution in [0.1, 0.15) is 5.69 Å². The van der Waals surface area contributed by atoms with Gasteiger partial charge in [-0.25, -0.2) is 18.4 Å². The number of pyridine rings is 1. The second kappa shape index (κ2) is 6.20. The third-order valence-electron chi connectivity index (χ3n) is 3.48. The van der Waals surface area contributed by atoms with E-state index in [1.165, 1.54) is 36.4 Å². The van der Waals surface area contributed by atoms with E-state index in [1.807, 2.05) is 0 Å². The van der Waals surface area contributed by atoms with Gasteiger partial charge in [0.1, 0.15) is 5.69 Å². The van der Waals surface area contributed by atoms with E-state index in [4.69, 9.17) is 0 Å². The van der Waals surface area contributed by atoms with Gasteiger partial charge in [-0.15, -0.1) is 0 Å². The number of rotatable bonds is 3. The molecule has 2 heterocycles. The van der Waals surface area contributed by atoms with Crippen molar-refractivity contribution in [3.63, 3.8) is 0 Å². The monoisotopic (exact) mass is 385 g/mol. The second-order valence-electron chi connectivity index (χ2n) is 5.43. The third kappa shape index (κ3) is 3.59. The van der Waals surface area contributed by atoms with Gasteiger partial charge in [-0.2, -0.15) is 17.6 Å². The number of halogens is 4. The molecule has 1 aromatic carbocycles. The van der Waals surface area contributed by atoms with Crippen LogP contribution in [0.15, 0.2) is 53.6 Å². The lowest BCUT2D eigenvalue weighted by Crippen LogP contribution is -2.05. The first kappa shape index (κ1) is 18.1. The SMILES string of the molecule is CS(=O)(=O)c1ccc(-n2cc(C(F)(F)F)nc2-c2cccc(F)n2)cc1. The van der Waals surface area contributed by atoms with Crippen molar-refractivity contribution < 1.29 is 26.0 Å². The number of alkyl halides is 3. The van der Waals surface area contributed by atoms with Crippen LogP contribution in [0.3, 0.4) is 0 Å². The molecule has 0 aliphatic heterocycles. The summed E-state index contributed by atoms with van der Waals surface area (Å²) in [4.78, 5) is 7.12. The fraction of sp³-hybridized carbons (Fsp3) is 0.125. The van der Waals surface area contributed by atoms with Crippen LogP contribution in [0.25, 0.3) is 17.2 Å². The maximum absolute atomic E-state index is 13.4. The van der Waals surface area contributed by atoms with Gasteiger partial charge in [0, 0.05) is 18.1 Å². The zero-order valence-electron chi connectivity index (χ0n) is 13.2. The molecule has 5 nitrogen and oxygen atoms in total. The molecule has 0 saturated carbocycles. The van der Waals surface area contributed by atoms with E-state index in [1.54, 1.807) is 0 Å². The molecular formula is C16H11F4N3O2S. The minimum Gasteiger partial charge on any atom is -0.298 e. The molecule has 0 aliphatic carbocycles. The largest absolute Gasteiger partial charge is 0.434 e. The summed E-state index contributed by atoms with van der Waals surface area (Å²) in [5.41, 5.74) is -1.04. The normalized spacial score (nSPS) is 12.3. The Kier molecular flexibility index (Phi) is 4.31. The summed E-state index contributed by atoms with van der Waals surface area (Å²) >= 11 is 0. The van der Waals surface area contributed by atoms with Gasteiger partial charge in [0.05, 0.1) is 4.90 Å². The summed E-state index contributed by atoms with van der Waals surface area (Å²) in [5.74, 6) is -1.08. The number of aromatic nitrogens is 3. The number of nitrogens with zero attached hydrogens (tertiary/aromatic N) is 3. The van der Waals surface area contributed by atoms with Crippen LogP contribution in [0.5, 0.6) is 0 Å². The van der Waals surface area contributed by atoms with Crippen LogP contribution in [0, 0.1) is 5.95 Å². The maximum Gasteiger partial charge on any atom is 0.434 e. The maximum atomic E-state index is 13.4. The first-order valence-corrected chi connectivity index (χ1v) is 9.05. The zero-order valence-corrected chi connectivity index (χ0v) is 14.0. The fourth-order valence-electron chi connectivity index (χ4n) is 2.28. The van der Waals surface area contributed by atoms with Crippen molar-refractivity contribution in [1.29, 1.82) is 0 Å². The highest BCUT2D eigenvalue weighted by molar-refractivity contribution is 7.90. The molecule has 0 N–H and O–H groups in total. The van der Waals surface area contributed by atoms with Crippen LogP contribution in [0.4, 0.5) is 17.6 Å². The van der Waals surface area contributed by atoms with Crippen molar-refractivity contribution in [2.24, 2.45) is 0 Å². The van der Waals surface area contributed by atoms with Crippen molar-refractivity contribution in [3.05, 3.63) is 60.3 Å². The van der Waals surface area contributed by atoms with Gasteiger partial charge in [0.25, 0.3) is 0 Å². The van der Waals surface area contributed by atoms with Crippen molar-refractivity contribution in [2.75, 3.05) is 6.26 Å². The van der Waals surface area contributed by atoms with Crippen molar-refractivity contribution in [3.8, 4) is 17.2 Å². The fourth-order valence-corrected chi connectivity index (χ4v) is 2.91. The second-order valence-corrected chi connectivity index (χ2v) is 7.44. The van der Waals surface area contributed by atoms with Gasteiger partial charge in [-0.3, -0.25) is 4.57 Å². The Morgan fingerprint density at radius 3 is 2.19 bits per heavy atom. The predicted molar refractivity (Wildman–Crippen MR) is 84.9 cm³/mol. The van der Waals surface area contributed by atoms with Crippen LogP contribution in [-0.2, 0) is 16.0 Å². The van der Waals surface area contributed by atoms with Crippen LogP contribution in [-0.4, -0.2) is 29.2 Å². The van der Waals surface area contributed by atoms with E-state index in [0.29, 0.717) is 0 Å². The van der Waals surface area contributed by atoms with Gasteiger partial charge in [-0.1, -0.05) is 6.07 Å². The van der Waals surface area contributed by atoms with E-state index < -0.39 is 27.7 Å². The van der Waals surface area contributed by atoms with Crippen LogP contribution in [0.2, 0.25) is 0 Å². The lowest BCUT2D eigenvalue weighted by atomic mass is 10.3. The van der Waals surface area contributed by atoms with Crippen LogP contribution < -0.4 is 0 Å². The number of hydrogen-bond acceptors (Lipinski definition) is 4. The molecule has 0 aliphatic rings. The Morgan fingerprint density at radius 2 is 1.65 bits per heavy atom. The molecule has 0 bridgehead atoms. The Morgan fingerprint density at radius 1 is 1.00 bits per heavy atom. The molecule has 26 heavy (non-hydrogen) atoms. The quantitative estimate of drug-likeness (QED) is 0.511. The Labute approximate surface area is 145 Å². The summed E-state index contributed by atoms with van der Waals surface area (Å²) in [5, 5.41) is 0. The molecule has 136 valence electrons. The summed E-state index contributed by atoms with van der Waals surface area (Å²) in [6.45, 7) is 0. The number of hydrogen-bond donors (Lipinski definition) is 0. The molecule has 3 aromatic rings. The number of imidazole rings is 1. The lowest BCUT2D eigenvalue weighted by molar-refractivity contribution is -0.140. The molecule has 0 fully saturated rings. The summed E-state index contributed by atoms with van der Waals surface area (Å²) in [6, 6.07) is 8.88. The van der Waals surface area contributed by atoms with Crippen molar-refractivity contribution in [2.45, 2.75) is 11.1 Å². The van der Waals surface area contributed by atoms with Gasteiger partial charge in [0.2, 0.25) is 5.95 Å². The number of sulfone groups is 1. The predicted octanol–water partition coefficient (Wildman–Crippen LogP) is 3.50. The molecule has 0 radical (unpaired) electrons. The molecule has 0 amide bonds. The summed E-state index contributed by atoms with van der Waals surface area (Å²) in [7, 11) is -3.45. The van der Waals surface area contributed by atoms with Crippen molar-refractivity contribution >= 4 is 9.84 Å². The molecule has 0 unspecified atom stereocenters. The summed E-state index contributed by atoms with van der Waals surface area (Å²) < 4.78 is 76.7. The average Bonchev–Trinajstić information content (AvgIpc) is 3.00. The molecule has 0 atom stereocenters. The smallest absolute Gasteiger partial charge is 0.298 e. The van der Waals surface area contributed by atoms with E-state index >= 15 is 0 Å². The van der Waals surface area contributed by atoms with Crippen molar-refractivity contribution in [1.82, 2.24) is 14.5 Å². The van der Waals surface area contributed by atoms with E-state index in [0.717, 1.165) is 23.1 Å². The van der Waals surface area contributed by atoms with Gasteiger partial charge in [0.15, 0.2) is 21.4 Å². The Hall–Kier alpha value is -2.75. The highest BCUT2D eigenvalue weighted by atomic mass is 32.2. The third-order valence-corrected chi connectivity index (χ3v) is 4.61. The molecule has 0 spiro atoms. The van der Waals surface area contributed by atoms with Crippen LogP contribution >= 0.6 is 0 Å². The lowest BCUT2D eigenvalue weighted by Gasteiger charge is -2.08. The summed E-state index contributed by atoms with van der Waals surface area (Å²) in [6.07, 6.45) is -2.94. The highest BCUT2D eigenvalue weighted by Gasteiger charge is 2.35. The number of benzene rings is 1. The van der Waals surface area contributed by atoms with Gasteiger partial charge in [-0.05, 0) is 36.4 Å². The van der Waals surface area contributed by atoms with Gasteiger partial charge >= 0.3 is 6.18 Å². The minimum absolute atomic E-state index is 0.0165. The first-order chi connectivity index (χ1) is 12.1. The highest BCUT2D eigenvalue weighted by Crippen LogP contribution is 2.32.